The summed E-state index contributed by atoms with van der Waals surface area (Å²) < 4.78 is 72.4. The predicted molar refractivity (Wildman–Crippen MR) is 111 cm³/mol. The van der Waals surface area contributed by atoms with Crippen LogP contribution in [0, 0.1) is 33.0 Å². The van der Waals surface area contributed by atoms with Gasteiger partial charge in [0.25, 0.3) is 5.91 Å². The van der Waals surface area contributed by atoms with Crippen molar-refractivity contribution in [2.45, 2.75) is 11.1 Å². The van der Waals surface area contributed by atoms with Crippen LogP contribution in [0.3, 0.4) is 0 Å². The molecule has 0 spiro atoms. The molecule has 0 aliphatic rings. The van der Waals surface area contributed by atoms with Crippen LogP contribution in [-0.4, -0.2) is 35.0 Å². The summed E-state index contributed by atoms with van der Waals surface area (Å²) in [5.41, 5.74) is -1.37. The molecule has 0 saturated heterocycles. The summed E-state index contributed by atoms with van der Waals surface area (Å²) in [6.07, 6.45) is -0.0959. The highest BCUT2D eigenvalue weighted by atomic mass is 32.1. The third kappa shape index (κ3) is 3.69. The minimum Gasteiger partial charge on any atom is -0.357 e. The molecule has 2 aromatic carbocycles. The number of H-pyrrole nitrogens is 1. The number of nitrogens with one attached hydrogen (secondary N) is 3. The molecular weight excluding hydrogens is 489 g/mol. The molecule has 3 rings (SSSR count). The highest BCUT2D eigenvalue weighted by molar-refractivity contribution is 7.73. The Morgan fingerprint density at radius 1 is 1.09 bits per heavy atom. The molecule has 1 heterocycles. The van der Waals surface area contributed by atoms with E-state index in [9.17, 15) is 22.8 Å². The van der Waals surface area contributed by atoms with Gasteiger partial charge in [0.15, 0.2) is 33.5 Å². The van der Waals surface area contributed by atoms with Crippen LogP contribution in [0.5, 0.6) is 0 Å². The second kappa shape index (κ2) is 8.96. The summed E-state index contributed by atoms with van der Waals surface area (Å²) in [5.74, 6) is -12.9. The smallest absolute Gasteiger partial charge is 0.255 e. The third-order valence-corrected chi connectivity index (χ3v) is 5.96. The van der Waals surface area contributed by atoms with E-state index in [0.717, 1.165) is 30.5 Å². The van der Waals surface area contributed by atoms with Crippen LogP contribution in [0.25, 0.3) is 0 Å². The van der Waals surface area contributed by atoms with Crippen LogP contribution in [0.4, 0.5) is 27.1 Å². The molecule has 33 heavy (non-hydrogen) atoms. The molecule has 14 heteroatoms. The Bertz CT molecular complexity index is 1260. The van der Waals surface area contributed by atoms with E-state index < -0.39 is 51.6 Å². The summed E-state index contributed by atoms with van der Waals surface area (Å²) in [7, 11) is 1.08. The summed E-state index contributed by atoms with van der Waals surface area (Å²) in [6, 6.07) is 6.46. The maximum absolute atomic E-state index is 15.0. The fourth-order valence-corrected chi connectivity index (χ4v) is 4.23. The number of aromatic amines is 1. The number of hydrogen-bond acceptors (Lipinski definition) is 7. The fourth-order valence-electron chi connectivity index (χ4n) is 3.38. The first-order valence-electron chi connectivity index (χ1n) is 8.93. The minimum absolute atomic E-state index is 0.0905. The molecule has 0 aliphatic carbocycles. The van der Waals surface area contributed by atoms with Crippen molar-refractivity contribution in [3.8, 4) is 0 Å². The Morgan fingerprint density at radius 2 is 1.64 bits per heavy atom. The second-order valence-corrected chi connectivity index (χ2v) is 8.33. The van der Waals surface area contributed by atoms with Gasteiger partial charge in [-0.3, -0.25) is 9.89 Å². The number of aromatic nitrogens is 2. The Labute approximate surface area is 191 Å². The number of nitrogens with two attached hydrogens (primary N) is 1. The number of carbonyl (C=O) groups is 2. The Morgan fingerprint density at radius 3 is 2.09 bits per heavy atom. The third-order valence-electron chi connectivity index (χ3n) is 4.96. The van der Waals surface area contributed by atoms with Gasteiger partial charge in [0.05, 0.1) is 5.56 Å². The SMILES string of the molecule is CNC(=O)C(C=O)(Nc1n[nH]c(=S)s1)C(N)(c1ccccc1)c1c(F)c(F)c(F)c(F)c1F. The average Bonchev–Trinajstić information content (AvgIpc) is 3.24. The summed E-state index contributed by atoms with van der Waals surface area (Å²) >= 11 is 5.63. The van der Waals surface area contributed by atoms with Gasteiger partial charge in [-0.05, 0) is 17.8 Å². The average molecular weight is 503 g/mol. The topological polar surface area (TPSA) is 113 Å². The molecule has 0 aliphatic heterocycles. The van der Waals surface area contributed by atoms with Gasteiger partial charge in [0.1, 0.15) is 5.54 Å². The molecule has 2 unspecified atom stereocenters. The molecule has 0 bridgehead atoms. The first kappa shape index (κ1) is 24.4. The van der Waals surface area contributed by atoms with Crippen molar-refractivity contribution in [3.63, 3.8) is 0 Å². The van der Waals surface area contributed by atoms with Crippen LogP contribution in [0.1, 0.15) is 11.1 Å². The van der Waals surface area contributed by atoms with Crippen LogP contribution >= 0.6 is 23.6 Å². The van der Waals surface area contributed by atoms with E-state index in [1.807, 2.05) is 0 Å². The predicted octanol–water partition coefficient (Wildman–Crippen LogP) is 2.89. The number of amides is 1. The lowest BCUT2D eigenvalue weighted by Gasteiger charge is -2.44. The fraction of sp³-hybridized carbons (Fsp3) is 0.158. The number of halogens is 5. The van der Waals surface area contributed by atoms with E-state index in [2.05, 4.69) is 20.8 Å². The summed E-state index contributed by atoms with van der Waals surface area (Å²) in [4.78, 5) is 25.6. The van der Waals surface area contributed by atoms with E-state index in [0.29, 0.717) is 0 Å². The zero-order valence-corrected chi connectivity index (χ0v) is 18.1. The molecule has 1 amide bonds. The number of anilines is 1. The van der Waals surface area contributed by atoms with Gasteiger partial charge in [0, 0.05) is 7.05 Å². The van der Waals surface area contributed by atoms with Crippen molar-refractivity contribution in [2.75, 3.05) is 12.4 Å². The van der Waals surface area contributed by atoms with Gasteiger partial charge in [-0.25, -0.2) is 22.0 Å². The van der Waals surface area contributed by atoms with Crippen molar-refractivity contribution in [1.82, 2.24) is 15.5 Å². The maximum Gasteiger partial charge on any atom is 0.255 e. The number of benzene rings is 2. The first-order chi connectivity index (χ1) is 15.5. The second-order valence-electron chi connectivity index (χ2n) is 6.67. The number of carbonyl (C=O) groups excluding carboxylic acids is 2. The summed E-state index contributed by atoms with van der Waals surface area (Å²) in [5, 5.41) is 10.4. The Hall–Kier alpha value is -3.23. The lowest BCUT2D eigenvalue weighted by Crippen LogP contribution is -2.71. The van der Waals surface area contributed by atoms with Crippen LogP contribution in [0.2, 0.25) is 0 Å². The number of rotatable bonds is 7. The van der Waals surface area contributed by atoms with E-state index in [1.54, 1.807) is 0 Å². The van der Waals surface area contributed by atoms with E-state index >= 15 is 8.78 Å². The van der Waals surface area contributed by atoms with Crippen molar-refractivity contribution in [1.29, 1.82) is 0 Å². The highest BCUT2D eigenvalue weighted by Crippen LogP contribution is 2.43. The van der Waals surface area contributed by atoms with Crippen LogP contribution in [0.15, 0.2) is 30.3 Å². The lowest BCUT2D eigenvalue weighted by atomic mass is 9.68. The zero-order valence-electron chi connectivity index (χ0n) is 16.5. The van der Waals surface area contributed by atoms with Crippen LogP contribution < -0.4 is 16.4 Å². The normalized spacial score (nSPS) is 14.8. The van der Waals surface area contributed by atoms with Crippen molar-refractivity contribution in [3.05, 3.63) is 74.5 Å². The molecule has 3 aromatic rings. The molecule has 0 radical (unpaired) electrons. The van der Waals surface area contributed by atoms with Crippen molar-refractivity contribution < 1.29 is 31.5 Å². The zero-order chi connectivity index (χ0) is 24.6. The van der Waals surface area contributed by atoms with Gasteiger partial charge in [-0.15, -0.1) is 5.10 Å². The highest BCUT2D eigenvalue weighted by Gasteiger charge is 2.60. The lowest BCUT2D eigenvalue weighted by molar-refractivity contribution is -0.131. The molecule has 7 nitrogen and oxygen atoms in total. The molecule has 174 valence electrons. The number of likely N-dealkylation sites (N-methyl/N-ethyl adjacent to an activating group) is 1. The largest absolute Gasteiger partial charge is 0.357 e. The molecular formula is C19H14F5N5O2S2. The van der Waals surface area contributed by atoms with Crippen molar-refractivity contribution in [2.24, 2.45) is 5.73 Å². The minimum atomic E-state index is -2.98. The Balaban J connectivity index is 2.52. The van der Waals surface area contributed by atoms with Gasteiger partial charge in [-0.1, -0.05) is 41.7 Å². The van der Waals surface area contributed by atoms with E-state index in [-0.39, 0.29) is 20.9 Å². The van der Waals surface area contributed by atoms with Gasteiger partial charge in [0.2, 0.25) is 16.5 Å². The van der Waals surface area contributed by atoms with Gasteiger partial charge >= 0.3 is 0 Å². The Kier molecular flexibility index (Phi) is 6.63. The molecule has 0 fully saturated rings. The summed E-state index contributed by atoms with van der Waals surface area (Å²) in [6.45, 7) is 0. The van der Waals surface area contributed by atoms with Gasteiger partial charge < -0.3 is 21.2 Å². The molecule has 5 N–H and O–H groups in total. The van der Waals surface area contributed by atoms with E-state index in [1.165, 1.54) is 18.2 Å². The molecule has 0 saturated carbocycles. The van der Waals surface area contributed by atoms with Crippen molar-refractivity contribution >= 4 is 40.9 Å². The monoisotopic (exact) mass is 503 g/mol. The quantitative estimate of drug-likeness (QED) is 0.0985. The number of aldehydes is 1. The number of nitrogens with zero attached hydrogens (tertiary/aromatic N) is 1. The van der Waals surface area contributed by atoms with Gasteiger partial charge in [-0.2, -0.15) is 0 Å². The molecule has 1 aromatic heterocycles. The molecule has 2 atom stereocenters. The van der Waals surface area contributed by atoms with E-state index in [4.69, 9.17) is 18.0 Å². The maximum atomic E-state index is 15.0. The number of hydrogen-bond donors (Lipinski definition) is 4. The first-order valence-corrected chi connectivity index (χ1v) is 10.2. The standard InChI is InChI=1S/C19H14F5N5O2S2/c1-26-15(31)18(7-30,27-16-28-29-17(32)33-16)19(25,8-5-3-2-4-6-8)9-10(20)12(22)14(24)13(23)11(9)21/h2-7H,25H2,1H3,(H,26,31)(H,27,28)(H,29,32). The van der Waals surface area contributed by atoms with Crippen LogP contribution in [-0.2, 0) is 15.1 Å².